The molecule has 0 spiro atoms. The number of carboxylic acid groups (broad SMARTS) is 1. The molecule has 1 unspecified atom stereocenters. The summed E-state index contributed by atoms with van der Waals surface area (Å²) in [6.45, 7) is 6.38. The normalized spacial score (nSPS) is 12.5. The molecule has 1 heterocycles. The molecule has 0 aliphatic heterocycles. The highest BCUT2D eigenvalue weighted by Crippen LogP contribution is 2.12. The van der Waals surface area contributed by atoms with Gasteiger partial charge >= 0.3 is 5.97 Å². The van der Waals surface area contributed by atoms with Gasteiger partial charge in [0, 0.05) is 12.2 Å². The van der Waals surface area contributed by atoms with Crippen molar-refractivity contribution < 1.29 is 15.0 Å². The van der Waals surface area contributed by atoms with E-state index in [-0.39, 0.29) is 5.56 Å². The van der Waals surface area contributed by atoms with Gasteiger partial charge in [0.05, 0.1) is 11.7 Å². The van der Waals surface area contributed by atoms with Gasteiger partial charge in [0.15, 0.2) is 0 Å². The van der Waals surface area contributed by atoms with Gasteiger partial charge in [0.1, 0.15) is 5.82 Å². The third-order valence-corrected chi connectivity index (χ3v) is 2.75. The minimum absolute atomic E-state index is 0.215. The molecule has 1 rings (SSSR count). The highest BCUT2D eigenvalue weighted by atomic mass is 16.4. The second kappa shape index (κ2) is 7.09. The van der Waals surface area contributed by atoms with Crippen molar-refractivity contribution in [3.63, 3.8) is 0 Å². The zero-order valence-electron chi connectivity index (χ0n) is 11.7. The van der Waals surface area contributed by atoms with Gasteiger partial charge < -0.3 is 15.5 Å². The number of aliphatic hydroxyl groups is 1. The maximum absolute atomic E-state index is 11.0. The average molecular weight is 266 g/mol. The van der Waals surface area contributed by atoms with Crippen LogP contribution in [0.2, 0.25) is 0 Å². The van der Waals surface area contributed by atoms with Crippen LogP contribution in [0.3, 0.4) is 0 Å². The predicted octanol–water partition coefficient (Wildman–Crippen LogP) is 2.16. The molecule has 0 aliphatic carbocycles. The molecule has 5 heteroatoms. The van der Waals surface area contributed by atoms with Crippen LogP contribution in [-0.4, -0.2) is 33.8 Å². The van der Waals surface area contributed by atoms with E-state index in [1.54, 1.807) is 6.07 Å². The van der Waals surface area contributed by atoms with Gasteiger partial charge in [-0.1, -0.05) is 20.8 Å². The first-order valence-corrected chi connectivity index (χ1v) is 6.58. The number of aromatic nitrogens is 1. The smallest absolute Gasteiger partial charge is 0.335 e. The first-order valence-electron chi connectivity index (χ1n) is 6.58. The fourth-order valence-electron chi connectivity index (χ4n) is 1.83. The van der Waals surface area contributed by atoms with Gasteiger partial charge in [-0.3, -0.25) is 0 Å². The van der Waals surface area contributed by atoms with E-state index in [4.69, 9.17) is 5.11 Å². The van der Waals surface area contributed by atoms with Crippen LogP contribution in [0.1, 0.15) is 43.2 Å². The van der Waals surface area contributed by atoms with Gasteiger partial charge in [0.25, 0.3) is 0 Å². The fourth-order valence-corrected chi connectivity index (χ4v) is 1.83. The second-order valence-electron chi connectivity index (χ2n) is 5.06. The Balaban J connectivity index is 2.72. The maximum Gasteiger partial charge on any atom is 0.335 e. The molecule has 1 atom stereocenters. The van der Waals surface area contributed by atoms with E-state index in [1.165, 1.54) is 6.07 Å². The summed E-state index contributed by atoms with van der Waals surface area (Å²) < 4.78 is 0. The molecule has 0 aromatic carbocycles. The minimum atomic E-state index is -0.970. The Bertz CT molecular complexity index is 433. The number of aryl methyl sites for hydroxylation is 1. The molecule has 0 aliphatic rings. The Hall–Kier alpha value is -1.62. The summed E-state index contributed by atoms with van der Waals surface area (Å²) >= 11 is 0. The number of aliphatic hydroxyl groups excluding tert-OH is 1. The van der Waals surface area contributed by atoms with Crippen molar-refractivity contribution in [3.8, 4) is 0 Å². The molecule has 19 heavy (non-hydrogen) atoms. The standard InChI is InChI=1S/C14H22N2O3/c1-4-11-6-10(14(18)19)7-13(16-11)15-8-12(17)5-9(2)3/h6-7,9,12,17H,4-5,8H2,1-3H3,(H,15,16)(H,18,19). The molecule has 1 aromatic heterocycles. The summed E-state index contributed by atoms with van der Waals surface area (Å²) in [6.07, 6.45) is 0.914. The third kappa shape index (κ3) is 5.26. The number of hydrogen-bond donors (Lipinski definition) is 3. The summed E-state index contributed by atoms with van der Waals surface area (Å²) in [6, 6.07) is 3.06. The van der Waals surface area contributed by atoms with Crippen molar-refractivity contribution in [3.05, 3.63) is 23.4 Å². The lowest BCUT2D eigenvalue weighted by Crippen LogP contribution is -2.22. The number of aromatic carboxylic acids is 1. The lowest BCUT2D eigenvalue weighted by molar-refractivity contribution is 0.0696. The SMILES string of the molecule is CCc1cc(C(=O)O)cc(NCC(O)CC(C)C)n1. The van der Waals surface area contributed by atoms with Crippen LogP contribution in [0, 0.1) is 5.92 Å². The highest BCUT2D eigenvalue weighted by molar-refractivity contribution is 5.88. The largest absolute Gasteiger partial charge is 0.478 e. The first-order chi connectivity index (χ1) is 8.92. The van der Waals surface area contributed by atoms with Gasteiger partial charge in [0.2, 0.25) is 0 Å². The Labute approximate surface area is 113 Å². The summed E-state index contributed by atoms with van der Waals surface area (Å²) in [5.41, 5.74) is 0.938. The zero-order valence-corrected chi connectivity index (χ0v) is 11.7. The van der Waals surface area contributed by atoms with E-state index < -0.39 is 12.1 Å². The molecule has 0 fully saturated rings. The maximum atomic E-state index is 11.0. The molecule has 1 aromatic rings. The highest BCUT2D eigenvalue weighted by Gasteiger charge is 2.10. The van der Waals surface area contributed by atoms with Gasteiger partial charge in [-0.2, -0.15) is 0 Å². The summed E-state index contributed by atoms with van der Waals surface area (Å²) in [7, 11) is 0. The Morgan fingerprint density at radius 1 is 1.42 bits per heavy atom. The van der Waals surface area contributed by atoms with E-state index in [2.05, 4.69) is 10.3 Å². The summed E-state index contributed by atoms with van der Waals surface area (Å²) in [5, 5.41) is 21.8. The number of rotatable bonds is 7. The number of hydrogen-bond acceptors (Lipinski definition) is 4. The number of carbonyl (C=O) groups is 1. The first kappa shape index (κ1) is 15.4. The van der Waals surface area contributed by atoms with Crippen LogP contribution in [0.25, 0.3) is 0 Å². The van der Waals surface area contributed by atoms with Crippen molar-refractivity contribution in [1.82, 2.24) is 4.98 Å². The number of carboxylic acids is 1. The fraction of sp³-hybridized carbons (Fsp3) is 0.571. The minimum Gasteiger partial charge on any atom is -0.478 e. The molecular formula is C14H22N2O3. The Kier molecular flexibility index (Phi) is 5.76. The quantitative estimate of drug-likeness (QED) is 0.704. The van der Waals surface area contributed by atoms with Crippen LogP contribution in [0.4, 0.5) is 5.82 Å². The predicted molar refractivity (Wildman–Crippen MR) is 74.5 cm³/mol. The number of pyridine rings is 1. The van der Waals surface area contributed by atoms with Crippen LogP contribution >= 0.6 is 0 Å². The van der Waals surface area contributed by atoms with Crippen molar-refractivity contribution in [2.24, 2.45) is 5.92 Å². The van der Waals surface area contributed by atoms with Gasteiger partial charge in [-0.15, -0.1) is 0 Å². The van der Waals surface area contributed by atoms with Crippen molar-refractivity contribution in [1.29, 1.82) is 0 Å². The zero-order chi connectivity index (χ0) is 14.4. The lowest BCUT2D eigenvalue weighted by Gasteiger charge is -2.15. The molecule has 3 N–H and O–H groups in total. The van der Waals surface area contributed by atoms with E-state index in [0.717, 1.165) is 5.69 Å². The van der Waals surface area contributed by atoms with Crippen LogP contribution in [-0.2, 0) is 6.42 Å². The molecule has 5 nitrogen and oxygen atoms in total. The molecule has 106 valence electrons. The van der Waals surface area contributed by atoms with Crippen LogP contribution in [0.5, 0.6) is 0 Å². The lowest BCUT2D eigenvalue weighted by atomic mass is 10.1. The molecule has 0 saturated heterocycles. The Morgan fingerprint density at radius 2 is 2.11 bits per heavy atom. The topological polar surface area (TPSA) is 82.5 Å². The van der Waals surface area contributed by atoms with Gasteiger partial charge in [-0.05, 0) is 30.9 Å². The number of anilines is 1. The van der Waals surface area contributed by atoms with Crippen molar-refractivity contribution in [2.45, 2.75) is 39.7 Å². The average Bonchev–Trinajstić information content (AvgIpc) is 2.35. The summed E-state index contributed by atoms with van der Waals surface area (Å²) in [5.74, 6) is -0.0521. The molecule has 0 bridgehead atoms. The Morgan fingerprint density at radius 3 is 2.63 bits per heavy atom. The van der Waals surface area contributed by atoms with Crippen molar-refractivity contribution >= 4 is 11.8 Å². The summed E-state index contributed by atoms with van der Waals surface area (Å²) in [4.78, 5) is 15.3. The van der Waals surface area contributed by atoms with E-state index in [1.807, 2.05) is 20.8 Å². The molecular weight excluding hydrogens is 244 g/mol. The van der Waals surface area contributed by atoms with Crippen LogP contribution in [0.15, 0.2) is 12.1 Å². The number of nitrogens with one attached hydrogen (secondary N) is 1. The molecule has 0 amide bonds. The van der Waals surface area contributed by atoms with E-state index in [9.17, 15) is 9.90 Å². The van der Waals surface area contributed by atoms with Crippen LogP contribution < -0.4 is 5.32 Å². The van der Waals surface area contributed by atoms with Gasteiger partial charge in [-0.25, -0.2) is 9.78 Å². The van der Waals surface area contributed by atoms with E-state index >= 15 is 0 Å². The third-order valence-electron chi connectivity index (χ3n) is 2.75. The number of nitrogens with zero attached hydrogens (tertiary/aromatic N) is 1. The second-order valence-corrected chi connectivity index (χ2v) is 5.06. The molecule has 0 radical (unpaired) electrons. The van der Waals surface area contributed by atoms with Crippen molar-refractivity contribution in [2.75, 3.05) is 11.9 Å². The van der Waals surface area contributed by atoms with E-state index in [0.29, 0.717) is 31.1 Å². The monoisotopic (exact) mass is 266 g/mol. The molecule has 0 saturated carbocycles.